The second-order valence-corrected chi connectivity index (χ2v) is 21.7. The van der Waals surface area contributed by atoms with Gasteiger partial charge in [0.1, 0.15) is 0 Å². The van der Waals surface area contributed by atoms with Crippen molar-refractivity contribution < 1.29 is 0 Å². The molecular formula is C56H54N4. The van der Waals surface area contributed by atoms with Gasteiger partial charge in [-0.3, -0.25) is 9.97 Å². The van der Waals surface area contributed by atoms with Gasteiger partial charge < -0.3 is 8.80 Å². The van der Waals surface area contributed by atoms with Crippen molar-refractivity contribution >= 4 is 76.2 Å². The van der Waals surface area contributed by atoms with Crippen molar-refractivity contribution in [2.24, 2.45) is 0 Å². The van der Waals surface area contributed by atoms with E-state index in [0.29, 0.717) is 0 Å². The van der Waals surface area contributed by atoms with Gasteiger partial charge in [0.05, 0.1) is 33.1 Å². The predicted octanol–water partition coefficient (Wildman–Crippen LogP) is 15.3. The van der Waals surface area contributed by atoms with Crippen molar-refractivity contribution in [1.82, 2.24) is 18.8 Å². The smallest absolute Gasteiger partial charge is 0.0634 e. The summed E-state index contributed by atoms with van der Waals surface area (Å²) in [5.74, 6) is 0. The van der Waals surface area contributed by atoms with Gasteiger partial charge in [0, 0.05) is 79.0 Å². The summed E-state index contributed by atoms with van der Waals surface area (Å²) in [4.78, 5) is 9.10. The number of nitrogens with zero attached hydrogens (tertiary/aromatic N) is 4. The molecule has 60 heavy (non-hydrogen) atoms. The summed E-state index contributed by atoms with van der Waals surface area (Å²) in [6.07, 6.45) is 7.71. The molecule has 0 aliphatic rings. The lowest BCUT2D eigenvalue weighted by Gasteiger charge is -2.26. The van der Waals surface area contributed by atoms with Crippen LogP contribution in [0, 0.1) is 0 Å². The second-order valence-electron chi connectivity index (χ2n) is 21.7. The van der Waals surface area contributed by atoms with Crippen LogP contribution in [0.5, 0.6) is 0 Å². The molecule has 4 nitrogen and oxygen atoms in total. The zero-order chi connectivity index (χ0) is 42.0. The Morgan fingerprint density at radius 1 is 0.367 bits per heavy atom. The van der Waals surface area contributed by atoms with Gasteiger partial charge in [-0.2, -0.15) is 0 Å². The maximum Gasteiger partial charge on any atom is 0.0634 e. The third-order valence-corrected chi connectivity index (χ3v) is 13.5. The molecule has 11 aromatic rings. The fourth-order valence-corrected chi connectivity index (χ4v) is 10.4. The SMILES string of the molecule is CC(C)(C)c1cc(C(C)(C)C)c2c(c1)c1c3c4cc(-c5cccnc5)ccc4n4c5c(C(C)(C)C)cc(C(C)(C)C)cc5c(c5c6cc(-c7cccnc7)ccc6n2c51)c34. The van der Waals surface area contributed by atoms with E-state index in [0.717, 1.165) is 11.1 Å². The second kappa shape index (κ2) is 11.8. The molecule has 6 heterocycles. The van der Waals surface area contributed by atoms with E-state index < -0.39 is 0 Å². The number of aromatic nitrogens is 4. The summed E-state index contributed by atoms with van der Waals surface area (Å²) in [7, 11) is 0. The molecule has 0 fully saturated rings. The molecule has 0 saturated heterocycles. The van der Waals surface area contributed by atoms with Crippen molar-refractivity contribution in [3.63, 3.8) is 0 Å². The molecule has 0 spiro atoms. The summed E-state index contributed by atoms with van der Waals surface area (Å²) in [5, 5.41) is 10.6. The average Bonchev–Trinajstić information content (AvgIpc) is 3.92. The quantitative estimate of drug-likeness (QED) is 0.175. The molecular weight excluding hydrogens is 729 g/mol. The van der Waals surface area contributed by atoms with Crippen LogP contribution in [-0.2, 0) is 21.7 Å². The van der Waals surface area contributed by atoms with Gasteiger partial charge >= 0.3 is 0 Å². The summed E-state index contributed by atoms with van der Waals surface area (Å²) in [5.41, 5.74) is 17.6. The van der Waals surface area contributed by atoms with Crippen LogP contribution in [0.4, 0.5) is 0 Å². The number of hydrogen-bond donors (Lipinski definition) is 0. The zero-order valence-electron chi connectivity index (χ0n) is 37.2. The number of fused-ring (bicyclic) bond motifs is 14. The van der Waals surface area contributed by atoms with Crippen LogP contribution in [0.2, 0.25) is 0 Å². The fraction of sp³-hybridized carbons (Fsp3) is 0.286. The maximum atomic E-state index is 4.55. The van der Waals surface area contributed by atoms with Gasteiger partial charge in [-0.15, -0.1) is 0 Å². The molecule has 0 amide bonds. The molecule has 0 bridgehead atoms. The molecule has 4 heteroatoms. The Morgan fingerprint density at radius 3 is 1.08 bits per heavy atom. The van der Waals surface area contributed by atoms with E-state index in [1.54, 1.807) is 0 Å². The van der Waals surface area contributed by atoms with E-state index in [9.17, 15) is 0 Å². The predicted molar refractivity (Wildman–Crippen MR) is 257 cm³/mol. The minimum atomic E-state index is -0.109. The van der Waals surface area contributed by atoms with Gasteiger partial charge in [0.2, 0.25) is 0 Å². The van der Waals surface area contributed by atoms with Crippen LogP contribution in [0.25, 0.3) is 98.4 Å². The lowest BCUT2D eigenvalue weighted by molar-refractivity contribution is 0.571. The Bertz CT molecular complexity index is 3300. The fourth-order valence-electron chi connectivity index (χ4n) is 10.4. The van der Waals surface area contributed by atoms with E-state index in [1.807, 2.05) is 36.9 Å². The Morgan fingerprint density at radius 2 is 0.750 bits per heavy atom. The van der Waals surface area contributed by atoms with Gasteiger partial charge in [-0.25, -0.2) is 0 Å². The highest BCUT2D eigenvalue weighted by atomic mass is 15.0. The molecule has 0 atom stereocenters. The standard InChI is InChI=1S/C56H54N4/c1-53(2,3)35-25-39-47-45-37-23-31(33-15-13-21-57-29-33)18-20-44(37)60-50-40(26-36(54(4,5)6)28-42(50)56(10,11)12)48(52(45)60)46-38-24-32(34-16-14-22-58-30-34)17-19-43(38)59(51(46)47)49(39)41(27-35)55(7,8)9/h13-30H,1-12H3. The Kier molecular flexibility index (Phi) is 7.31. The van der Waals surface area contributed by atoms with Crippen molar-refractivity contribution in [3.05, 3.63) is 132 Å². The number of rotatable bonds is 2. The lowest BCUT2D eigenvalue weighted by Crippen LogP contribution is -2.17. The molecule has 0 unspecified atom stereocenters. The maximum absolute atomic E-state index is 4.55. The summed E-state index contributed by atoms with van der Waals surface area (Å²) >= 11 is 0. The molecule has 298 valence electrons. The minimum absolute atomic E-state index is 0.0399. The minimum Gasteiger partial charge on any atom is -0.308 e. The van der Waals surface area contributed by atoms with E-state index in [2.05, 4.69) is 175 Å². The van der Waals surface area contributed by atoms with Gasteiger partial charge in [-0.05, 0) is 104 Å². The first-order chi connectivity index (χ1) is 28.3. The Balaban J connectivity index is 1.51. The van der Waals surface area contributed by atoms with Gasteiger partial charge in [0.15, 0.2) is 0 Å². The lowest BCUT2D eigenvalue weighted by atomic mass is 9.79. The summed E-state index contributed by atoms with van der Waals surface area (Å²) < 4.78 is 5.32. The van der Waals surface area contributed by atoms with E-state index in [1.165, 1.54) is 110 Å². The van der Waals surface area contributed by atoms with Crippen LogP contribution in [0.1, 0.15) is 105 Å². The normalized spacial score (nSPS) is 13.7. The van der Waals surface area contributed by atoms with Crippen molar-refractivity contribution in [2.75, 3.05) is 0 Å². The van der Waals surface area contributed by atoms with Crippen LogP contribution in [-0.4, -0.2) is 18.8 Å². The Labute approximate surface area is 352 Å². The Hall–Kier alpha value is -6.00. The zero-order valence-corrected chi connectivity index (χ0v) is 37.2. The monoisotopic (exact) mass is 782 g/mol. The number of benzene rings is 5. The highest BCUT2D eigenvalue weighted by Crippen LogP contribution is 2.55. The summed E-state index contributed by atoms with van der Waals surface area (Å²) in [6, 6.07) is 32.8. The van der Waals surface area contributed by atoms with E-state index in [4.69, 9.17) is 0 Å². The third kappa shape index (κ3) is 5.03. The average molecular weight is 783 g/mol. The van der Waals surface area contributed by atoms with Crippen LogP contribution in [0.3, 0.4) is 0 Å². The molecule has 6 aromatic heterocycles. The topological polar surface area (TPSA) is 34.6 Å². The third-order valence-electron chi connectivity index (χ3n) is 13.5. The van der Waals surface area contributed by atoms with E-state index >= 15 is 0 Å². The first-order valence-electron chi connectivity index (χ1n) is 21.6. The number of pyridine rings is 2. The van der Waals surface area contributed by atoms with Gasteiger partial charge in [-0.1, -0.05) is 119 Å². The first kappa shape index (κ1) is 37.0. The largest absolute Gasteiger partial charge is 0.308 e. The molecule has 5 aromatic carbocycles. The molecule has 0 radical (unpaired) electrons. The van der Waals surface area contributed by atoms with Crippen molar-refractivity contribution in [1.29, 1.82) is 0 Å². The molecule has 0 saturated carbocycles. The molecule has 11 rings (SSSR count). The van der Waals surface area contributed by atoms with E-state index in [-0.39, 0.29) is 21.7 Å². The molecule has 0 aliphatic heterocycles. The molecule has 0 aliphatic carbocycles. The highest BCUT2D eigenvalue weighted by Gasteiger charge is 2.34. The van der Waals surface area contributed by atoms with Crippen LogP contribution >= 0.6 is 0 Å². The number of hydrogen-bond acceptors (Lipinski definition) is 2. The van der Waals surface area contributed by atoms with Crippen LogP contribution < -0.4 is 0 Å². The highest BCUT2D eigenvalue weighted by molar-refractivity contribution is 6.45. The van der Waals surface area contributed by atoms with Crippen LogP contribution in [0.15, 0.2) is 110 Å². The van der Waals surface area contributed by atoms with Crippen molar-refractivity contribution in [2.45, 2.75) is 105 Å². The molecule has 0 N–H and O–H groups in total. The summed E-state index contributed by atoms with van der Waals surface area (Å²) in [6.45, 7) is 28.5. The van der Waals surface area contributed by atoms with Gasteiger partial charge in [0.25, 0.3) is 0 Å². The first-order valence-corrected chi connectivity index (χ1v) is 21.6. The van der Waals surface area contributed by atoms with Crippen molar-refractivity contribution in [3.8, 4) is 22.3 Å².